The van der Waals surface area contributed by atoms with Crippen LogP contribution >= 0.6 is 34.5 Å². The summed E-state index contributed by atoms with van der Waals surface area (Å²) in [6.45, 7) is 1.72. The van der Waals surface area contributed by atoms with Gasteiger partial charge in [-0.1, -0.05) is 23.2 Å². The Kier molecular flexibility index (Phi) is 6.94. The van der Waals surface area contributed by atoms with Crippen molar-refractivity contribution >= 4 is 63.0 Å². The number of benzene rings is 2. The van der Waals surface area contributed by atoms with Crippen LogP contribution in [0.1, 0.15) is 36.0 Å². The highest BCUT2D eigenvalue weighted by molar-refractivity contribution is 7.18. The molecular weight excluding hydrogens is 466 g/mol. The highest BCUT2D eigenvalue weighted by atomic mass is 35.5. The molecule has 2 N–H and O–H groups in total. The number of aryl methyl sites for hydroxylation is 1. The third kappa shape index (κ3) is 5.22. The molecule has 2 aromatic carbocycles. The number of hydrogen-bond acceptors (Lipinski definition) is 5. The zero-order valence-electron chi connectivity index (χ0n) is 16.2. The summed E-state index contributed by atoms with van der Waals surface area (Å²) in [6.07, 6.45) is 0. The van der Waals surface area contributed by atoms with Crippen molar-refractivity contribution in [2.45, 2.75) is 6.92 Å². The summed E-state index contributed by atoms with van der Waals surface area (Å²) in [6, 6.07) is 9.53. The molecule has 0 bridgehead atoms. The van der Waals surface area contributed by atoms with Crippen molar-refractivity contribution in [3.8, 4) is 0 Å². The van der Waals surface area contributed by atoms with E-state index in [2.05, 4.69) is 15.4 Å². The third-order valence-electron chi connectivity index (χ3n) is 4.17. The van der Waals surface area contributed by atoms with Gasteiger partial charge in [-0.25, -0.2) is 9.18 Å². The second-order valence-electron chi connectivity index (χ2n) is 6.34. The summed E-state index contributed by atoms with van der Waals surface area (Å²) >= 11 is 13.0. The number of methoxy groups -OCH3 is 1. The normalized spacial score (nSPS) is 10.5. The first-order valence-corrected chi connectivity index (χ1v) is 10.3. The number of amides is 2. The van der Waals surface area contributed by atoms with E-state index in [1.165, 1.54) is 25.3 Å². The summed E-state index contributed by atoms with van der Waals surface area (Å²) < 4.78 is 17.8. The molecule has 160 valence electrons. The first-order chi connectivity index (χ1) is 14.7. The van der Waals surface area contributed by atoms with Gasteiger partial charge in [0.25, 0.3) is 11.8 Å². The Labute approximate surface area is 190 Å². The lowest BCUT2D eigenvalue weighted by Crippen LogP contribution is -2.12. The average Bonchev–Trinajstić information content (AvgIpc) is 3.08. The molecule has 31 heavy (non-hydrogen) atoms. The fourth-order valence-corrected chi connectivity index (χ4v) is 4.09. The quantitative estimate of drug-likeness (QED) is 0.452. The van der Waals surface area contributed by atoms with Gasteiger partial charge < -0.3 is 15.4 Å². The largest absolute Gasteiger partial charge is 0.465 e. The maximum absolute atomic E-state index is 13.2. The molecule has 0 aliphatic carbocycles. The van der Waals surface area contributed by atoms with Crippen molar-refractivity contribution in [1.82, 2.24) is 0 Å². The van der Waals surface area contributed by atoms with Crippen molar-refractivity contribution < 1.29 is 23.5 Å². The number of nitrogens with one attached hydrogen (secondary N) is 2. The molecule has 1 aromatic heterocycles. The van der Waals surface area contributed by atoms with Crippen molar-refractivity contribution in [2.24, 2.45) is 0 Å². The van der Waals surface area contributed by atoms with Gasteiger partial charge in [0.15, 0.2) is 0 Å². The number of hydrogen-bond donors (Lipinski definition) is 2. The highest BCUT2D eigenvalue weighted by Gasteiger charge is 2.18. The van der Waals surface area contributed by atoms with Gasteiger partial charge in [0, 0.05) is 5.69 Å². The van der Waals surface area contributed by atoms with Crippen LogP contribution in [0.3, 0.4) is 0 Å². The van der Waals surface area contributed by atoms with Gasteiger partial charge in [-0.05, 0) is 55.0 Å². The number of anilines is 2. The molecule has 0 saturated carbocycles. The minimum atomic E-state index is -0.627. The Morgan fingerprint density at radius 2 is 1.68 bits per heavy atom. The fraction of sp³-hybridized carbons (Fsp3) is 0.0952. The predicted octanol–water partition coefficient (Wildman–Crippen LogP) is 5.79. The first-order valence-electron chi connectivity index (χ1n) is 8.75. The smallest absolute Gasteiger partial charge is 0.339 e. The topological polar surface area (TPSA) is 84.5 Å². The lowest BCUT2D eigenvalue weighted by atomic mass is 10.2. The highest BCUT2D eigenvalue weighted by Crippen LogP contribution is 2.29. The molecule has 0 aliphatic rings. The van der Waals surface area contributed by atoms with E-state index in [0.29, 0.717) is 21.1 Å². The summed E-state index contributed by atoms with van der Waals surface area (Å²) in [7, 11) is 1.23. The molecular formula is C21H15Cl2FN2O4S. The maximum Gasteiger partial charge on any atom is 0.339 e. The fourth-order valence-electron chi connectivity index (χ4n) is 2.68. The van der Waals surface area contributed by atoms with E-state index >= 15 is 0 Å². The summed E-state index contributed by atoms with van der Waals surface area (Å²) in [5, 5.41) is 5.93. The zero-order chi connectivity index (χ0) is 22.7. The molecule has 0 fully saturated rings. The standard InChI is InChI=1S/C21H15Cl2FN2O4S/c1-10-7-17(26-19(27)13-5-3-11(24)8-16(13)23)31-18(10)20(28)25-12-4-6-15(22)14(9-12)21(29)30-2/h3-9H,1-2H3,(H,25,28)(H,26,27). The number of rotatable bonds is 5. The molecule has 0 saturated heterocycles. The third-order valence-corrected chi connectivity index (χ3v) is 5.96. The van der Waals surface area contributed by atoms with Gasteiger partial charge in [0.1, 0.15) is 5.82 Å². The van der Waals surface area contributed by atoms with Gasteiger partial charge in [-0.2, -0.15) is 0 Å². The Bertz CT molecular complexity index is 1200. The van der Waals surface area contributed by atoms with Crippen molar-refractivity contribution in [1.29, 1.82) is 0 Å². The van der Waals surface area contributed by atoms with Crippen LogP contribution in [-0.2, 0) is 4.74 Å². The number of carbonyl (C=O) groups is 3. The zero-order valence-corrected chi connectivity index (χ0v) is 18.5. The Morgan fingerprint density at radius 3 is 2.35 bits per heavy atom. The molecule has 6 nitrogen and oxygen atoms in total. The molecule has 3 aromatic rings. The Balaban J connectivity index is 1.77. The van der Waals surface area contributed by atoms with Crippen LogP contribution in [0.4, 0.5) is 15.1 Å². The second-order valence-corrected chi connectivity index (χ2v) is 8.21. The van der Waals surface area contributed by atoms with Gasteiger partial charge in [0.2, 0.25) is 0 Å². The van der Waals surface area contributed by atoms with E-state index in [9.17, 15) is 18.8 Å². The lowest BCUT2D eigenvalue weighted by molar-refractivity contribution is 0.0600. The Morgan fingerprint density at radius 1 is 0.935 bits per heavy atom. The van der Waals surface area contributed by atoms with Crippen LogP contribution in [0.15, 0.2) is 42.5 Å². The monoisotopic (exact) mass is 480 g/mol. The van der Waals surface area contributed by atoms with E-state index in [1.807, 2.05) is 0 Å². The lowest BCUT2D eigenvalue weighted by Gasteiger charge is -2.08. The van der Waals surface area contributed by atoms with E-state index in [-0.39, 0.29) is 21.2 Å². The van der Waals surface area contributed by atoms with Crippen LogP contribution in [0.5, 0.6) is 0 Å². The molecule has 0 unspecified atom stereocenters. The number of halogens is 3. The van der Waals surface area contributed by atoms with Crippen LogP contribution in [0.25, 0.3) is 0 Å². The van der Waals surface area contributed by atoms with Crippen LogP contribution in [-0.4, -0.2) is 24.9 Å². The Hall–Kier alpha value is -2.94. The van der Waals surface area contributed by atoms with Gasteiger partial charge in [-0.15, -0.1) is 11.3 Å². The van der Waals surface area contributed by atoms with E-state index in [0.717, 1.165) is 23.5 Å². The number of carbonyl (C=O) groups excluding carboxylic acids is 3. The summed E-state index contributed by atoms with van der Waals surface area (Å²) in [5.74, 6) is -2.14. The SMILES string of the molecule is COC(=O)c1cc(NC(=O)c2sc(NC(=O)c3ccc(F)cc3Cl)cc2C)ccc1Cl. The van der Waals surface area contributed by atoms with E-state index in [1.54, 1.807) is 19.1 Å². The van der Waals surface area contributed by atoms with Crippen LogP contribution in [0.2, 0.25) is 10.0 Å². The van der Waals surface area contributed by atoms with Gasteiger partial charge in [0.05, 0.1) is 38.2 Å². The average molecular weight is 481 g/mol. The molecule has 10 heteroatoms. The van der Waals surface area contributed by atoms with Crippen molar-refractivity contribution in [3.05, 3.63) is 79.9 Å². The second kappa shape index (κ2) is 9.47. The minimum Gasteiger partial charge on any atom is -0.465 e. The number of esters is 1. The molecule has 2 amide bonds. The number of thiophene rings is 1. The summed E-state index contributed by atoms with van der Waals surface area (Å²) in [5.41, 5.74) is 1.21. The van der Waals surface area contributed by atoms with Crippen molar-refractivity contribution in [2.75, 3.05) is 17.7 Å². The van der Waals surface area contributed by atoms with Gasteiger partial charge in [-0.3, -0.25) is 9.59 Å². The maximum atomic E-state index is 13.2. The van der Waals surface area contributed by atoms with Crippen LogP contribution in [0, 0.1) is 12.7 Å². The minimum absolute atomic E-state index is 0.0205. The summed E-state index contributed by atoms with van der Waals surface area (Å²) in [4.78, 5) is 37.3. The van der Waals surface area contributed by atoms with Crippen LogP contribution < -0.4 is 10.6 Å². The molecule has 3 rings (SSSR count). The molecule has 1 heterocycles. The van der Waals surface area contributed by atoms with Crippen molar-refractivity contribution in [3.63, 3.8) is 0 Å². The van der Waals surface area contributed by atoms with E-state index in [4.69, 9.17) is 23.2 Å². The molecule has 0 aliphatic heterocycles. The molecule has 0 atom stereocenters. The number of ether oxygens (including phenoxy) is 1. The first kappa shape index (κ1) is 22.7. The van der Waals surface area contributed by atoms with Gasteiger partial charge >= 0.3 is 5.97 Å². The molecule has 0 spiro atoms. The van der Waals surface area contributed by atoms with E-state index < -0.39 is 23.6 Å². The predicted molar refractivity (Wildman–Crippen MR) is 119 cm³/mol. The molecule has 0 radical (unpaired) electrons.